The van der Waals surface area contributed by atoms with Crippen molar-refractivity contribution in [1.29, 1.82) is 0 Å². The lowest BCUT2D eigenvalue weighted by molar-refractivity contribution is -0.138. The van der Waals surface area contributed by atoms with Gasteiger partial charge in [0, 0.05) is 5.82 Å². The summed E-state index contributed by atoms with van der Waals surface area (Å²) in [4.78, 5) is 11.3. The average molecular weight is 200 g/mol. The van der Waals surface area contributed by atoms with E-state index in [2.05, 4.69) is 0 Å². The van der Waals surface area contributed by atoms with Crippen LogP contribution in [0.1, 0.15) is 27.7 Å². The molecule has 1 unspecified atom stereocenters. The van der Waals surface area contributed by atoms with E-state index in [-0.39, 0.29) is 24.5 Å². The van der Waals surface area contributed by atoms with Crippen molar-refractivity contribution in [2.24, 2.45) is 0 Å². The zero-order valence-electron chi connectivity index (χ0n) is 9.15. The predicted molar refractivity (Wildman–Crippen MR) is 52.9 cm³/mol. The van der Waals surface area contributed by atoms with Gasteiger partial charge in [-0.25, -0.2) is 0 Å². The number of hydrogen-bond acceptors (Lipinski definition) is 4. The highest BCUT2D eigenvalue weighted by Gasteiger charge is 2.41. The number of carbonyl (C=O) groups is 1. The van der Waals surface area contributed by atoms with Crippen molar-refractivity contribution < 1.29 is 18.8 Å². The molecule has 1 aliphatic heterocycles. The molecular weight excluding hydrogens is 183 g/mol. The van der Waals surface area contributed by atoms with Gasteiger partial charge in [-0.1, -0.05) is 13.8 Å². The van der Waals surface area contributed by atoms with Gasteiger partial charge in [0.05, 0.1) is 12.7 Å². The van der Waals surface area contributed by atoms with E-state index in [1.54, 1.807) is 0 Å². The summed E-state index contributed by atoms with van der Waals surface area (Å²) in [5, 5.41) is 0. The van der Waals surface area contributed by atoms with E-state index in [0.717, 1.165) is 0 Å². The van der Waals surface area contributed by atoms with Crippen molar-refractivity contribution >= 4 is 13.1 Å². The molecule has 0 aromatic rings. The van der Waals surface area contributed by atoms with Gasteiger partial charge < -0.3 is 14.0 Å². The second-order valence-corrected chi connectivity index (χ2v) is 4.06. The maximum atomic E-state index is 11.3. The second-order valence-electron chi connectivity index (χ2n) is 4.06. The summed E-state index contributed by atoms with van der Waals surface area (Å²) < 4.78 is 15.7. The fraction of sp³-hybridized carbons (Fsp3) is 0.889. The van der Waals surface area contributed by atoms with Crippen LogP contribution in [0.25, 0.3) is 0 Å². The number of rotatable bonds is 4. The van der Waals surface area contributed by atoms with Gasteiger partial charge in [-0.05, 0) is 13.8 Å². The molecule has 0 radical (unpaired) electrons. The molecule has 0 aromatic heterocycles. The Balaban J connectivity index is 2.37. The van der Waals surface area contributed by atoms with E-state index in [4.69, 9.17) is 14.0 Å². The molecule has 1 atom stereocenters. The zero-order chi connectivity index (χ0) is 10.7. The highest BCUT2D eigenvalue weighted by Crippen LogP contribution is 2.20. The Labute approximate surface area is 85.0 Å². The Morgan fingerprint density at radius 1 is 1.43 bits per heavy atom. The molecule has 1 rings (SSSR count). The highest BCUT2D eigenvalue weighted by molar-refractivity contribution is 6.50. The van der Waals surface area contributed by atoms with Crippen LogP contribution in [0.4, 0.5) is 0 Å². The van der Waals surface area contributed by atoms with Crippen LogP contribution in [-0.4, -0.2) is 31.9 Å². The Hall–Kier alpha value is -0.545. The van der Waals surface area contributed by atoms with Gasteiger partial charge in [0.25, 0.3) is 0 Å². The minimum atomic E-state index is -0.551. The van der Waals surface area contributed by atoms with Crippen molar-refractivity contribution in [3.63, 3.8) is 0 Å². The molecule has 1 fully saturated rings. The van der Waals surface area contributed by atoms with Crippen molar-refractivity contribution in [1.82, 2.24) is 0 Å². The summed E-state index contributed by atoms with van der Waals surface area (Å²) in [6.07, 6.45) is -0.450. The van der Waals surface area contributed by atoms with Crippen LogP contribution in [-0.2, 0) is 18.8 Å². The molecule has 80 valence electrons. The first-order valence-electron chi connectivity index (χ1n) is 4.98. The maximum Gasteiger partial charge on any atom is 0.530 e. The van der Waals surface area contributed by atoms with E-state index in [1.165, 1.54) is 0 Å². The zero-order valence-corrected chi connectivity index (χ0v) is 9.15. The topological polar surface area (TPSA) is 44.8 Å². The van der Waals surface area contributed by atoms with Crippen LogP contribution >= 0.6 is 0 Å². The van der Waals surface area contributed by atoms with Gasteiger partial charge in [-0.15, -0.1) is 0 Å². The highest BCUT2D eigenvalue weighted by atomic mass is 16.7. The summed E-state index contributed by atoms with van der Waals surface area (Å²) in [5.41, 5.74) is 0. The van der Waals surface area contributed by atoms with Crippen LogP contribution in [0.3, 0.4) is 0 Å². The van der Waals surface area contributed by atoms with E-state index < -0.39 is 13.2 Å². The molecule has 1 saturated heterocycles. The van der Waals surface area contributed by atoms with E-state index in [9.17, 15) is 4.79 Å². The maximum absolute atomic E-state index is 11.3. The normalized spacial score (nSPS) is 22.3. The molecule has 4 nitrogen and oxygen atoms in total. The standard InChI is InChI=1S/C9H17BO4/c1-6(2)10-13-8(9(11)14-10)5-12-7(3)4/h6-8H,5H2,1-4H3. The fourth-order valence-corrected chi connectivity index (χ4v) is 1.12. The number of hydrogen-bond donors (Lipinski definition) is 0. The van der Waals surface area contributed by atoms with Crippen LogP contribution < -0.4 is 0 Å². The molecule has 1 heterocycles. The minimum Gasteiger partial charge on any atom is -0.507 e. The molecule has 0 saturated carbocycles. The molecule has 0 bridgehead atoms. The van der Waals surface area contributed by atoms with Gasteiger partial charge >= 0.3 is 13.1 Å². The molecule has 0 aromatic carbocycles. The molecule has 14 heavy (non-hydrogen) atoms. The van der Waals surface area contributed by atoms with Crippen LogP contribution in [0.5, 0.6) is 0 Å². The second kappa shape index (κ2) is 4.80. The van der Waals surface area contributed by atoms with Crippen molar-refractivity contribution in [2.75, 3.05) is 6.61 Å². The first-order valence-corrected chi connectivity index (χ1v) is 4.98. The lowest BCUT2D eigenvalue weighted by Gasteiger charge is -2.11. The molecule has 0 spiro atoms. The van der Waals surface area contributed by atoms with Gasteiger partial charge in [-0.3, -0.25) is 4.79 Å². The molecule has 1 aliphatic rings. The summed E-state index contributed by atoms with van der Waals surface area (Å²) in [5.74, 6) is -0.132. The van der Waals surface area contributed by atoms with Crippen LogP contribution in [0, 0.1) is 0 Å². The summed E-state index contributed by atoms with van der Waals surface area (Å²) in [6.45, 7) is 8.01. The first-order chi connectivity index (χ1) is 6.50. The Morgan fingerprint density at radius 3 is 2.50 bits per heavy atom. The molecule has 5 heteroatoms. The Kier molecular flexibility index (Phi) is 3.95. The quantitative estimate of drug-likeness (QED) is 0.640. The fourth-order valence-electron chi connectivity index (χ4n) is 1.12. The summed E-state index contributed by atoms with van der Waals surface area (Å²) in [6, 6.07) is 0. The predicted octanol–water partition coefficient (Wildman–Crippen LogP) is 1.25. The summed E-state index contributed by atoms with van der Waals surface area (Å²) in [7, 11) is -0.414. The lowest BCUT2D eigenvalue weighted by Crippen LogP contribution is -2.25. The van der Waals surface area contributed by atoms with Crippen LogP contribution in [0.2, 0.25) is 5.82 Å². The van der Waals surface area contributed by atoms with Gasteiger partial charge in [0.1, 0.15) is 0 Å². The molecule has 0 N–H and O–H groups in total. The van der Waals surface area contributed by atoms with E-state index >= 15 is 0 Å². The van der Waals surface area contributed by atoms with E-state index in [1.807, 2.05) is 27.7 Å². The van der Waals surface area contributed by atoms with E-state index in [0.29, 0.717) is 0 Å². The minimum absolute atomic E-state index is 0.101. The SMILES string of the molecule is CC(C)OCC1OB(C(C)C)OC1=O. The number of ether oxygens (including phenoxy) is 1. The molecule has 0 aliphatic carbocycles. The third kappa shape index (κ3) is 2.99. The van der Waals surface area contributed by atoms with Crippen molar-refractivity contribution in [2.45, 2.75) is 45.7 Å². The van der Waals surface area contributed by atoms with Gasteiger partial charge in [-0.2, -0.15) is 0 Å². The van der Waals surface area contributed by atoms with Gasteiger partial charge in [0.15, 0.2) is 6.10 Å². The van der Waals surface area contributed by atoms with Crippen molar-refractivity contribution in [3.05, 3.63) is 0 Å². The first kappa shape index (κ1) is 11.5. The number of carbonyl (C=O) groups excluding carboxylic acids is 1. The molecule has 0 amide bonds. The smallest absolute Gasteiger partial charge is 0.507 e. The largest absolute Gasteiger partial charge is 0.530 e. The third-order valence-corrected chi connectivity index (χ3v) is 1.92. The van der Waals surface area contributed by atoms with Crippen LogP contribution in [0.15, 0.2) is 0 Å². The summed E-state index contributed by atoms with van der Waals surface area (Å²) >= 11 is 0. The average Bonchev–Trinajstić information content (AvgIpc) is 2.43. The lowest BCUT2D eigenvalue weighted by atomic mass is 9.75. The van der Waals surface area contributed by atoms with Crippen molar-refractivity contribution in [3.8, 4) is 0 Å². The van der Waals surface area contributed by atoms with Gasteiger partial charge in [0.2, 0.25) is 0 Å². The Morgan fingerprint density at radius 2 is 2.07 bits per heavy atom. The molecular formula is C9H17BO4. The monoisotopic (exact) mass is 200 g/mol. The third-order valence-electron chi connectivity index (χ3n) is 1.92. The Bertz CT molecular complexity index is 205.